The average Bonchev–Trinajstić information content (AvgIpc) is 2.54. The van der Waals surface area contributed by atoms with Crippen molar-refractivity contribution in [3.63, 3.8) is 0 Å². The van der Waals surface area contributed by atoms with Crippen LogP contribution >= 0.6 is 0 Å². The van der Waals surface area contributed by atoms with Crippen molar-refractivity contribution in [2.45, 2.75) is 0 Å². The van der Waals surface area contributed by atoms with Crippen molar-refractivity contribution in [1.82, 2.24) is 39.9 Å². The summed E-state index contributed by atoms with van der Waals surface area (Å²) in [6.45, 7) is 0. The van der Waals surface area contributed by atoms with Gasteiger partial charge in [-0.3, -0.25) is 0 Å². The molecular weight excluding hydrogens is 256 g/mol. The minimum atomic E-state index is 0.441. The van der Waals surface area contributed by atoms with Crippen LogP contribution in [0.15, 0.2) is 37.3 Å². The maximum atomic E-state index is 4.35. The SMILES string of the molecule is c1ncc2cnc(-c3cnc4nccnc4n3)nc2n1. The van der Waals surface area contributed by atoms with Gasteiger partial charge in [-0.05, 0) is 0 Å². The summed E-state index contributed by atoms with van der Waals surface area (Å²) < 4.78 is 0. The van der Waals surface area contributed by atoms with Gasteiger partial charge >= 0.3 is 0 Å². The van der Waals surface area contributed by atoms with Crippen LogP contribution in [0.25, 0.3) is 33.8 Å². The summed E-state index contributed by atoms with van der Waals surface area (Å²) in [6.07, 6.45) is 9.45. The molecule has 8 heteroatoms. The zero-order valence-corrected chi connectivity index (χ0v) is 10.0. The molecule has 94 valence electrons. The van der Waals surface area contributed by atoms with E-state index >= 15 is 0 Å². The summed E-state index contributed by atoms with van der Waals surface area (Å²) in [5.41, 5.74) is 2.03. The molecule has 0 N–H and O–H groups in total. The van der Waals surface area contributed by atoms with E-state index in [1.807, 2.05) is 0 Å². The lowest BCUT2D eigenvalue weighted by Crippen LogP contribution is -1.97. The molecule has 0 saturated heterocycles. The Labute approximate surface area is 112 Å². The summed E-state index contributed by atoms with van der Waals surface area (Å²) in [4.78, 5) is 33.3. The van der Waals surface area contributed by atoms with Crippen LogP contribution in [0.4, 0.5) is 0 Å². The van der Waals surface area contributed by atoms with Gasteiger partial charge in [0.15, 0.2) is 22.8 Å². The quantitative estimate of drug-likeness (QED) is 0.496. The summed E-state index contributed by atoms with van der Waals surface area (Å²) in [7, 11) is 0. The molecule has 0 bridgehead atoms. The predicted molar refractivity (Wildman–Crippen MR) is 69.3 cm³/mol. The zero-order valence-electron chi connectivity index (χ0n) is 10.0. The van der Waals surface area contributed by atoms with Gasteiger partial charge in [0.2, 0.25) is 0 Å². The Hall–Kier alpha value is -3.16. The van der Waals surface area contributed by atoms with E-state index in [4.69, 9.17) is 0 Å². The number of nitrogens with zero attached hydrogens (tertiary/aromatic N) is 8. The molecule has 0 aromatic carbocycles. The highest BCUT2D eigenvalue weighted by molar-refractivity contribution is 5.74. The first-order valence-electron chi connectivity index (χ1n) is 5.77. The van der Waals surface area contributed by atoms with Gasteiger partial charge in [0.25, 0.3) is 0 Å². The standard InChI is InChI=1S/C12H6N8/c1-2-15-12-11(14-1)17-5-8(19-12)10-16-4-7-3-13-6-18-9(7)20-10/h1-6H. The van der Waals surface area contributed by atoms with Gasteiger partial charge in [0.1, 0.15) is 12.0 Å². The fraction of sp³-hybridized carbons (Fsp3) is 0. The molecule has 0 unspecified atom stereocenters. The number of aromatic nitrogens is 8. The van der Waals surface area contributed by atoms with E-state index in [9.17, 15) is 0 Å². The molecule has 0 fully saturated rings. The molecule has 0 aliphatic rings. The number of hydrogen-bond donors (Lipinski definition) is 0. The van der Waals surface area contributed by atoms with Crippen LogP contribution in [0.5, 0.6) is 0 Å². The lowest BCUT2D eigenvalue weighted by atomic mass is 10.3. The first-order valence-corrected chi connectivity index (χ1v) is 5.77. The van der Waals surface area contributed by atoms with Gasteiger partial charge in [0.05, 0.1) is 11.6 Å². The van der Waals surface area contributed by atoms with Gasteiger partial charge in [-0.1, -0.05) is 0 Å². The van der Waals surface area contributed by atoms with Crippen molar-refractivity contribution in [1.29, 1.82) is 0 Å². The van der Waals surface area contributed by atoms with Crippen LogP contribution in [0.3, 0.4) is 0 Å². The minimum Gasteiger partial charge on any atom is -0.244 e. The number of fused-ring (bicyclic) bond motifs is 2. The van der Waals surface area contributed by atoms with Crippen molar-refractivity contribution in [3.8, 4) is 11.5 Å². The van der Waals surface area contributed by atoms with Crippen molar-refractivity contribution in [2.75, 3.05) is 0 Å². The summed E-state index contributed by atoms with van der Waals surface area (Å²) in [6, 6.07) is 0. The number of hydrogen-bond acceptors (Lipinski definition) is 8. The van der Waals surface area contributed by atoms with E-state index < -0.39 is 0 Å². The fourth-order valence-corrected chi connectivity index (χ4v) is 1.77. The van der Waals surface area contributed by atoms with Gasteiger partial charge in [-0.25, -0.2) is 39.9 Å². The Bertz CT molecular complexity index is 846. The Morgan fingerprint density at radius 1 is 0.650 bits per heavy atom. The molecule has 8 nitrogen and oxygen atoms in total. The highest BCUT2D eigenvalue weighted by atomic mass is 15.0. The van der Waals surface area contributed by atoms with E-state index in [2.05, 4.69) is 39.9 Å². The molecule has 4 heterocycles. The van der Waals surface area contributed by atoms with Crippen LogP contribution in [0, 0.1) is 0 Å². The summed E-state index contributed by atoms with van der Waals surface area (Å²) in [5, 5.41) is 0.768. The molecular formula is C12H6N8. The van der Waals surface area contributed by atoms with Crippen molar-refractivity contribution >= 4 is 22.3 Å². The maximum Gasteiger partial charge on any atom is 0.198 e. The molecule has 4 aromatic heterocycles. The molecule has 0 radical (unpaired) electrons. The van der Waals surface area contributed by atoms with Gasteiger partial charge < -0.3 is 0 Å². The smallest absolute Gasteiger partial charge is 0.198 e. The van der Waals surface area contributed by atoms with Crippen LogP contribution in [0.1, 0.15) is 0 Å². The van der Waals surface area contributed by atoms with Crippen LogP contribution in [-0.2, 0) is 0 Å². The van der Waals surface area contributed by atoms with E-state index in [-0.39, 0.29) is 0 Å². The predicted octanol–water partition coefficient (Wildman–Crippen LogP) is 0.820. The molecule has 0 aliphatic heterocycles. The van der Waals surface area contributed by atoms with E-state index in [1.54, 1.807) is 31.0 Å². The fourth-order valence-electron chi connectivity index (χ4n) is 1.77. The lowest BCUT2D eigenvalue weighted by Gasteiger charge is -2.01. The molecule has 20 heavy (non-hydrogen) atoms. The van der Waals surface area contributed by atoms with Crippen molar-refractivity contribution in [3.05, 3.63) is 37.3 Å². The van der Waals surface area contributed by atoms with Gasteiger partial charge in [0, 0.05) is 24.8 Å². The molecule has 0 spiro atoms. The second-order valence-corrected chi connectivity index (χ2v) is 3.95. The van der Waals surface area contributed by atoms with E-state index in [0.29, 0.717) is 28.5 Å². The van der Waals surface area contributed by atoms with Crippen LogP contribution in [0.2, 0.25) is 0 Å². The summed E-state index contributed by atoms with van der Waals surface area (Å²) >= 11 is 0. The van der Waals surface area contributed by atoms with E-state index in [0.717, 1.165) is 5.39 Å². The molecule has 4 rings (SSSR count). The van der Waals surface area contributed by atoms with Crippen LogP contribution < -0.4 is 0 Å². The molecule has 0 saturated carbocycles. The third-order valence-corrected chi connectivity index (χ3v) is 2.68. The van der Waals surface area contributed by atoms with Crippen molar-refractivity contribution in [2.24, 2.45) is 0 Å². The summed E-state index contributed by atoms with van der Waals surface area (Å²) in [5.74, 6) is 0.441. The number of rotatable bonds is 1. The third kappa shape index (κ3) is 1.70. The highest BCUT2D eigenvalue weighted by Crippen LogP contribution is 2.15. The Balaban J connectivity index is 1.91. The monoisotopic (exact) mass is 262 g/mol. The van der Waals surface area contributed by atoms with E-state index in [1.165, 1.54) is 6.33 Å². The van der Waals surface area contributed by atoms with Crippen LogP contribution in [-0.4, -0.2) is 39.9 Å². The Kier molecular flexibility index (Phi) is 2.25. The first-order chi connectivity index (χ1) is 9.90. The second kappa shape index (κ2) is 4.19. The second-order valence-electron chi connectivity index (χ2n) is 3.95. The minimum absolute atomic E-state index is 0.441. The topological polar surface area (TPSA) is 103 Å². The van der Waals surface area contributed by atoms with Gasteiger partial charge in [-0.15, -0.1) is 0 Å². The molecule has 4 aromatic rings. The lowest BCUT2D eigenvalue weighted by molar-refractivity contribution is 1.10. The Morgan fingerprint density at radius 2 is 1.55 bits per heavy atom. The van der Waals surface area contributed by atoms with Gasteiger partial charge in [-0.2, -0.15) is 0 Å². The molecule has 0 atom stereocenters. The van der Waals surface area contributed by atoms with Crippen molar-refractivity contribution < 1.29 is 0 Å². The molecule has 0 aliphatic carbocycles. The normalized spacial score (nSPS) is 11.0. The third-order valence-electron chi connectivity index (χ3n) is 2.68. The maximum absolute atomic E-state index is 4.35. The Morgan fingerprint density at radius 3 is 2.50 bits per heavy atom. The zero-order chi connectivity index (χ0) is 13.4. The largest absolute Gasteiger partial charge is 0.244 e. The highest BCUT2D eigenvalue weighted by Gasteiger charge is 2.08. The first kappa shape index (κ1) is 10.7. The average molecular weight is 262 g/mol. The molecule has 0 amide bonds.